The monoisotopic (exact) mass is 216 g/mol. The summed E-state index contributed by atoms with van der Waals surface area (Å²) in [5.74, 6) is -0.121. The molecular weight excluding hydrogens is 204 g/mol. The predicted octanol–water partition coefficient (Wildman–Crippen LogP) is 1.31. The number of aromatic nitrogens is 4. The molecule has 0 aromatic carbocycles. The Kier molecular flexibility index (Phi) is 3.05. The highest BCUT2D eigenvalue weighted by Crippen LogP contribution is 2.05. The second-order valence-electron chi connectivity index (χ2n) is 3.42. The van der Waals surface area contributed by atoms with Crippen molar-refractivity contribution in [1.29, 1.82) is 0 Å². The summed E-state index contributed by atoms with van der Waals surface area (Å²) in [4.78, 5) is 19.6. The SMILES string of the molecule is CCCn1cc(C(=O)c2ccncn2)cn1. The maximum atomic E-state index is 11.9. The number of aryl methyl sites for hydroxylation is 1. The summed E-state index contributed by atoms with van der Waals surface area (Å²) in [5, 5.41) is 4.10. The number of hydrogen-bond donors (Lipinski definition) is 0. The molecule has 0 bridgehead atoms. The fourth-order valence-electron chi connectivity index (χ4n) is 1.41. The summed E-state index contributed by atoms with van der Waals surface area (Å²) in [7, 11) is 0. The van der Waals surface area contributed by atoms with E-state index >= 15 is 0 Å². The number of hydrogen-bond acceptors (Lipinski definition) is 4. The quantitative estimate of drug-likeness (QED) is 0.723. The van der Waals surface area contributed by atoms with Gasteiger partial charge in [-0.05, 0) is 12.5 Å². The third-order valence-electron chi connectivity index (χ3n) is 2.16. The third kappa shape index (κ3) is 2.13. The van der Waals surface area contributed by atoms with Gasteiger partial charge in [0.1, 0.15) is 12.0 Å². The zero-order chi connectivity index (χ0) is 11.4. The molecule has 2 rings (SSSR count). The van der Waals surface area contributed by atoms with E-state index in [9.17, 15) is 4.79 Å². The number of nitrogens with zero attached hydrogens (tertiary/aromatic N) is 4. The molecule has 0 aliphatic rings. The van der Waals surface area contributed by atoms with Gasteiger partial charge in [-0.25, -0.2) is 9.97 Å². The number of carbonyl (C=O) groups is 1. The second kappa shape index (κ2) is 4.65. The molecule has 0 aliphatic heterocycles. The lowest BCUT2D eigenvalue weighted by Crippen LogP contribution is -2.03. The van der Waals surface area contributed by atoms with Crippen LogP contribution in [0.1, 0.15) is 29.4 Å². The molecule has 0 saturated heterocycles. The van der Waals surface area contributed by atoms with E-state index in [1.54, 1.807) is 29.3 Å². The van der Waals surface area contributed by atoms with Gasteiger partial charge in [-0.15, -0.1) is 0 Å². The van der Waals surface area contributed by atoms with Gasteiger partial charge < -0.3 is 0 Å². The van der Waals surface area contributed by atoms with Gasteiger partial charge in [0.25, 0.3) is 0 Å². The molecule has 0 N–H and O–H groups in total. The van der Waals surface area contributed by atoms with Crippen LogP contribution in [-0.2, 0) is 6.54 Å². The van der Waals surface area contributed by atoms with Crippen LogP contribution in [0.5, 0.6) is 0 Å². The van der Waals surface area contributed by atoms with E-state index in [0.29, 0.717) is 11.3 Å². The second-order valence-corrected chi connectivity index (χ2v) is 3.42. The average molecular weight is 216 g/mol. The van der Waals surface area contributed by atoms with Gasteiger partial charge in [-0.2, -0.15) is 5.10 Å². The normalized spacial score (nSPS) is 10.3. The first kappa shape index (κ1) is 10.5. The number of carbonyl (C=O) groups excluding carboxylic acids is 1. The molecule has 0 aliphatic carbocycles. The zero-order valence-electron chi connectivity index (χ0n) is 9.00. The first-order chi connectivity index (χ1) is 7.81. The van der Waals surface area contributed by atoms with Crippen molar-refractivity contribution in [3.05, 3.63) is 42.2 Å². The largest absolute Gasteiger partial charge is 0.287 e. The first-order valence-electron chi connectivity index (χ1n) is 5.14. The maximum absolute atomic E-state index is 11.9. The van der Waals surface area contributed by atoms with E-state index in [0.717, 1.165) is 13.0 Å². The van der Waals surface area contributed by atoms with Gasteiger partial charge in [0.15, 0.2) is 0 Å². The third-order valence-corrected chi connectivity index (χ3v) is 2.16. The van der Waals surface area contributed by atoms with Gasteiger partial charge in [0.05, 0.1) is 11.8 Å². The number of rotatable bonds is 4. The minimum Gasteiger partial charge on any atom is -0.287 e. The van der Waals surface area contributed by atoms with Crippen LogP contribution in [0.15, 0.2) is 31.0 Å². The Morgan fingerprint density at radius 1 is 1.50 bits per heavy atom. The maximum Gasteiger partial charge on any atom is 0.214 e. The van der Waals surface area contributed by atoms with E-state index in [4.69, 9.17) is 0 Å². The Balaban J connectivity index is 2.21. The van der Waals surface area contributed by atoms with E-state index in [1.807, 2.05) is 0 Å². The highest BCUT2D eigenvalue weighted by atomic mass is 16.1. The fraction of sp³-hybridized carbons (Fsp3) is 0.273. The van der Waals surface area contributed by atoms with Crippen molar-refractivity contribution in [2.45, 2.75) is 19.9 Å². The van der Waals surface area contributed by atoms with Gasteiger partial charge in [0.2, 0.25) is 5.78 Å². The van der Waals surface area contributed by atoms with Crippen LogP contribution < -0.4 is 0 Å². The highest BCUT2D eigenvalue weighted by Gasteiger charge is 2.11. The molecule has 0 saturated carbocycles. The molecule has 2 aromatic rings. The van der Waals surface area contributed by atoms with Crippen molar-refractivity contribution < 1.29 is 4.79 Å². The fourth-order valence-corrected chi connectivity index (χ4v) is 1.41. The summed E-state index contributed by atoms with van der Waals surface area (Å²) >= 11 is 0. The van der Waals surface area contributed by atoms with Crippen molar-refractivity contribution in [3.8, 4) is 0 Å². The Bertz CT molecular complexity index is 478. The Morgan fingerprint density at radius 2 is 2.38 bits per heavy atom. The van der Waals surface area contributed by atoms with Crippen molar-refractivity contribution in [3.63, 3.8) is 0 Å². The lowest BCUT2D eigenvalue weighted by Gasteiger charge is -1.96. The van der Waals surface area contributed by atoms with Crippen molar-refractivity contribution >= 4 is 5.78 Å². The first-order valence-corrected chi connectivity index (χ1v) is 5.14. The lowest BCUT2D eigenvalue weighted by atomic mass is 10.2. The average Bonchev–Trinajstić information content (AvgIpc) is 2.78. The van der Waals surface area contributed by atoms with Crippen LogP contribution in [0, 0.1) is 0 Å². The molecule has 82 valence electrons. The van der Waals surface area contributed by atoms with Crippen molar-refractivity contribution in [1.82, 2.24) is 19.7 Å². The topological polar surface area (TPSA) is 60.7 Å². The van der Waals surface area contributed by atoms with E-state index in [2.05, 4.69) is 22.0 Å². The summed E-state index contributed by atoms with van der Waals surface area (Å²) in [5.41, 5.74) is 0.957. The molecular formula is C11H12N4O. The van der Waals surface area contributed by atoms with Crippen molar-refractivity contribution in [2.75, 3.05) is 0 Å². The smallest absolute Gasteiger partial charge is 0.214 e. The van der Waals surface area contributed by atoms with Gasteiger partial charge in [-0.1, -0.05) is 6.92 Å². The summed E-state index contributed by atoms with van der Waals surface area (Å²) in [6.45, 7) is 2.88. The highest BCUT2D eigenvalue weighted by molar-refractivity contribution is 6.07. The molecule has 0 fully saturated rings. The molecule has 2 heterocycles. The molecule has 0 unspecified atom stereocenters. The Morgan fingerprint density at radius 3 is 3.06 bits per heavy atom. The molecule has 0 atom stereocenters. The van der Waals surface area contributed by atoms with Crippen LogP contribution in [0.4, 0.5) is 0 Å². The minimum atomic E-state index is -0.121. The summed E-state index contributed by atoms with van der Waals surface area (Å²) in [6.07, 6.45) is 7.22. The van der Waals surface area contributed by atoms with Gasteiger partial charge >= 0.3 is 0 Å². The standard InChI is InChI=1S/C11H12N4O/c1-2-5-15-7-9(6-14-15)11(16)10-3-4-12-8-13-10/h3-4,6-8H,2,5H2,1H3. The van der Waals surface area contributed by atoms with Crippen LogP contribution in [0.3, 0.4) is 0 Å². The van der Waals surface area contributed by atoms with E-state index in [-0.39, 0.29) is 5.78 Å². The molecule has 16 heavy (non-hydrogen) atoms. The summed E-state index contributed by atoms with van der Waals surface area (Å²) in [6, 6.07) is 1.60. The zero-order valence-corrected chi connectivity index (χ0v) is 9.00. The minimum absolute atomic E-state index is 0.121. The molecule has 5 heteroatoms. The number of ketones is 1. The van der Waals surface area contributed by atoms with Crippen LogP contribution in [-0.4, -0.2) is 25.5 Å². The van der Waals surface area contributed by atoms with E-state index in [1.165, 1.54) is 6.33 Å². The molecule has 2 aromatic heterocycles. The Labute approximate surface area is 93.2 Å². The molecule has 0 radical (unpaired) electrons. The summed E-state index contributed by atoms with van der Waals surface area (Å²) < 4.78 is 1.76. The van der Waals surface area contributed by atoms with E-state index < -0.39 is 0 Å². The van der Waals surface area contributed by atoms with Gasteiger partial charge in [-0.3, -0.25) is 9.48 Å². The molecule has 0 spiro atoms. The van der Waals surface area contributed by atoms with Crippen LogP contribution in [0.2, 0.25) is 0 Å². The lowest BCUT2D eigenvalue weighted by molar-refractivity contribution is 0.103. The van der Waals surface area contributed by atoms with Gasteiger partial charge in [0, 0.05) is 18.9 Å². The van der Waals surface area contributed by atoms with Crippen LogP contribution in [0.25, 0.3) is 0 Å². The Hall–Kier alpha value is -2.04. The molecule has 0 amide bonds. The van der Waals surface area contributed by atoms with Crippen LogP contribution >= 0.6 is 0 Å². The predicted molar refractivity (Wildman–Crippen MR) is 58.0 cm³/mol. The molecule has 5 nitrogen and oxygen atoms in total. The van der Waals surface area contributed by atoms with Crippen molar-refractivity contribution in [2.24, 2.45) is 0 Å².